The number of nitriles is 1. The van der Waals surface area contributed by atoms with E-state index in [0.717, 1.165) is 17.3 Å². The third-order valence-corrected chi connectivity index (χ3v) is 2.67. The molecule has 0 bridgehead atoms. The maximum absolute atomic E-state index is 11.9. The molecule has 0 saturated heterocycles. The second-order valence-electron chi connectivity index (χ2n) is 4.73. The molecule has 4 nitrogen and oxygen atoms in total. The lowest BCUT2D eigenvalue weighted by Crippen LogP contribution is -2.20. The van der Waals surface area contributed by atoms with Gasteiger partial charge in [-0.2, -0.15) is 18.4 Å². The summed E-state index contributed by atoms with van der Waals surface area (Å²) in [4.78, 5) is 13.3. The lowest BCUT2D eigenvalue weighted by molar-refractivity contribution is -0.183. The van der Waals surface area contributed by atoms with Gasteiger partial charge in [0.15, 0.2) is 6.61 Å². The highest BCUT2D eigenvalue weighted by Gasteiger charge is 2.30. The van der Waals surface area contributed by atoms with Crippen molar-refractivity contribution in [3.63, 3.8) is 0 Å². The molecule has 0 aromatic heterocycles. The first-order valence-corrected chi connectivity index (χ1v) is 6.52. The Labute approximate surface area is 132 Å². The predicted molar refractivity (Wildman–Crippen MR) is 80.5 cm³/mol. The number of anilines is 1. The number of hydrogen-bond donors (Lipinski definition) is 0. The summed E-state index contributed by atoms with van der Waals surface area (Å²) >= 11 is 0. The molecule has 7 heteroatoms. The molecule has 0 radical (unpaired) electrons. The predicted octanol–water partition coefficient (Wildman–Crippen LogP) is 3.32. The van der Waals surface area contributed by atoms with Crippen LogP contribution in [0.15, 0.2) is 42.0 Å². The summed E-state index contributed by atoms with van der Waals surface area (Å²) in [6, 6.07) is 8.93. The molecule has 0 aliphatic rings. The topological polar surface area (TPSA) is 53.3 Å². The van der Waals surface area contributed by atoms with Crippen LogP contribution in [0.1, 0.15) is 5.56 Å². The molecule has 0 heterocycles. The molecule has 122 valence electrons. The largest absolute Gasteiger partial charge is 0.452 e. The number of esters is 1. The highest BCUT2D eigenvalue weighted by molar-refractivity contribution is 5.93. The van der Waals surface area contributed by atoms with Gasteiger partial charge in [-0.05, 0) is 23.8 Å². The highest BCUT2D eigenvalue weighted by Crippen LogP contribution is 2.16. The number of nitrogens with zero attached hydrogens (tertiary/aromatic N) is 2. The van der Waals surface area contributed by atoms with Gasteiger partial charge in [-0.1, -0.05) is 24.3 Å². The Morgan fingerprint density at radius 3 is 2.39 bits per heavy atom. The summed E-state index contributed by atoms with van der Waals surface area (Å²) in [5.41, 5.74) is 1.31. The molecule has 0 aliphatic heterocycles. The van der Waals surface area contributed by atoms with E-state index in [-0.39, 0.29) is 0 Å². The number of halogens is 3. The van der Waals surface area contributed by atoms with Gasteiger partial charge in [0.2, 0.25) is 0 Å². The quantitative estimate of drug-likeness (QED) is 0.361. The van der Waals surface area contributed by atoms with Gasteiger partial charge >= 0.3 is 12.1 Å². The number of carbonyl (C=O) groups is 1. The number of rotatable bonds is 5. The first-order chi connectivity index (χ1) is 10.7. The van der Waals surface area contributed by atoms with E-state index < -0.39 is 24.3 Å². The van der Waals surface area contributed by atoms with Crippen molar-refractivity contribution in [2.75, 3.05) is 25.6 Å². The van der Waals surface area contributed by atoms with Gasteiger partial charge < -0.3 is 9.64 Å². The van der Waals surface area contributed by atoms with E-state index in [4.69, 9.17) is 5.26 Å². The van der Waals surface area contributed by atoms with E-state index in [0.29, 0.717) is 0 Å². The van der Waals surface area contributed by atoms with Crippen LogP contribution in [0.4, 0.5) is 18.9 Å². The number of carbonyl (C=O) groups excluding carboxylic acids is 1. The molecule has 23 heavy (non-hydrogen) atoms. The summed E-state index contributed by atoms with van der Waals surface area (Å²) in [5.74, 6) is -1.31. The second kappa shape index (κ2) is 8.03. The van der Waals surface area contributed by atoms with Crippen LogP contribution in [0.3, 0.4) is 0 Å². The van der Waals surface area contributed by atoms with Crippen molar-refractivity contribution in [2.24, 2.45) is 0 Å². The van der Waals surface area contributed by atoms with Crippen molar-refractivity contribution < 1.29 is 22.7 Å². The number of ether oxygens (including phenoxy) is 1. The molecule has 1 aromatic rings. The van der Waals surface area contributed by atoms with Gasteiger partial charge in [0.25, 0.3) is 0 Å². The number of benzene rings is 1. The van der Waals surface area contributed by atoms with Crippen LogP contribution in [0.25, 0.3) is 6.08 Å². The Morgan fingerprint density at radius 1 is 1.30 bits per heavy atom. The van der Waals surface area contributed by atoms with Crippen LogP contribution in [-0.2, 0) is 9.53 Å². The Morgan fingerprint density at radius 2 is 1.91 bits per heavy atom. The SMILES string of the molecule is CN(C)c1ccc(/C=C/C=C(\C#N)C(=O)OCC(F)(F)F)cc1. The lowest BCUT2D eigenvalue weighted by atomic mass is 10.1. The van der Waals surface area contributed by atoms with Gasteiger partial charge in [-0.25, -0.2) is 4.79 Å². The van der Waals surface area contributed by atoms with Gasteiger partial charge in [-0.3, -0.25) is 0 Å². The molecule has 0 amide bonds. The van der Waals surface area contributed by atoms with Crippen LogP contribution in [0, 0.1) is 11.3 Å². The summed E-state index contributed by atoms with van der Waals surface area (Å²) < 4.78 is 39.9. The summed E-state index contributed by atoms with van der Waals surface area (Å²) in [7, 11) is 3.80. The van der Waals surface area contributed by atoms with Gasteiger partial charge in [0.05, 0.1) is 0 Å². The van der Waals surface area contributed by atoms with Gasteiger partial charge in [0.1, 0.15) is 11.6 Å². The molecular weight excluding hydrogens is 309 g/mol. The third-order valence-electron chi connectivity index (χ3n) is 2.67. The minimum atomic E-state index is -4.62. The molecule has 0 unspecified atom stereocenters. The van der Waals surface area contributed by atoms with Crippen molar-refractivity contribution in [3.8, 4) is 6.07 Å². The van der Waals surface area contributed by atoms with Crippen LogP contribution >= 0.6 is 0 Å². The van der Waals surface area contributed by atoms with Crippen molar-refractivity contribution >= 4 is 17.7 Å². The summed E-state index contributed by atoms with van der Waals surface area (Å²) in [6.07, 6.45) is -0.495. The van der Waals surface area contributed by atoms with E-state index in [2.05, 4.69) is 4.74 Å². The Hall–Kier alpha value is -2.75. The van der Waals surface area contributed by atoms with E-state index in [9.17, 15) is 18.0 Å². The van der Waals surface area contributed by atoms with Gasteiger partial charge in [-0.15, -0.1) is 0 Å². The second-order valence-corrected chi connectivity index (χ2v) is 4.73. The van der Waals surface area contributed by atoms with Crippen molar-refractivity contribution in [1.82, 2.24) is 0 Å². The zero-order valence-corrected chi connectivity index (χ0v) is 12.6. The number of allylic oxidation sites excluding steroid dienone is 2. The van der Waals surface area contributed by atoms with E-state index in [1.54, 1.807) is 6.08 Å². The number of hydrogen-bond acceptors (Lipinski definition) is 4. The number of alkyl halides is 3. The Balaban J connectivity index is 2.72. The third kappa shape index (κ3) is 6.70. The molecule has 0 spiro atoms. The average Bonchev–Trinajstić information content (AvgIpc) is 2.49. The first-order valence-electron chi connectivity index (χ1n) is 6.52. The fraction of sp³-hybridized carbons (Fsp3) is 0.250. The van der Waals surface area contributed by atoms with Crippen LogP contribution in [-0.4, -0.2) is 32.8 Å². The lowest BCUT2D eigenvalue weighted by Gasteiger charge is -2.11. The van der Waals surface area contributed by atoms with Gasteiger partial charge in [0, 0.05) is 19.8 Å². The fourth-order valence-corrected chi connectivity index (χ4v) is 1.52. The Bertz CT molecular complexity index is 639. The first kappa shape index (κ1) is 18.3. The molecule has 0 saturated carbocycles. The van der Waals surface area contributed by atoms with Crippen molar-refractivity contribution in [2.45, 2.75) is 6.18 Å². The molecule has 0 aliphatic carbocycles. The molecule has 0 N–H and O–H groups in total. The zero-order chi connectivity index (χ0) is 17.5. The van der Waals surface area contributed by atoms with E-state index in [1.807, 2.05) is 43.3 Å². The van der Waals surface area contributed by atoms with Crippen molar-refractivity contribution in [1.29, 1.82) is 5.26 Å². The maximum atomic E-state index is 11.9. The summed E-state index contributed by atoms with van der Waals surface area (Å²) in [5, 5.41) is 8.78. The van der Waals surface area contributed by atoms with E-state index in [1.165, 1.54) is 12.1 Å². The standard InChI is InChI=1S/C16H15F3N2O2/c1-21(2)14-8-6-12(7-9-14)4-3-5-13(10-20)15(22)23-11-16(17,18)19/h3-9H,11H2,1-2H3/b4-3+,13-5+. The molecular formula is C16H15F3N2O2. The van der Waals surface area contributed by atoms with Crippen LogP contribution in [0.2, 0.25) is 0 Å². The monoisotopic (exact) mass is 324 g/mol. The fourth-order valence-electron chi connectivity index (χ4n) is 1.52. The molecule has 1 rings (SSSR count). The highest BCUT2D eigenvalue weighted by atomic mass is 19.4. The Kier molecular flexibility index (Phi) is 6.39. The normalized spacial score (nSPS) is 12.1. The summed E-state index contributed by atoms with van der Waals surface area (Å²) in [6.45, 7) is -1.72. The van der Waals surface area contributed by atoms with Crippen molar-refractivity contribution in [3.05, 3.63) is 47.6 Å². The average molecular weight is 324 g/mol. The van der Waals surface area contributed by atoms with Crippen LogP contribution in [0.5, 0.6) is 0 Å². The smallest absolute Gasteiger partial charge is 0.422 e. The zero-order valence-electron chi connectivity index (χ0n) is 12.6. The molecule has 0 atom stereocenters. The minimum absolute atomic E-state index is 0.504. The van der Waals surface area contributed by atoms with Crippen LogP contribution < -0.4 is 4.90 Å². The molecule has 0 fully saturated rings. The minimum Gasteiger partial charge on any atom is -0.452 e. The molecule has 1 aromatic carbocycles. The maximum Gasteiger partial charge on any atom is 0.422 e. The van der Waals surface area contributed by atoms with E-state index >= 15 is 0 Å².